The largest absolute Gasteiger partial charge is 0.359 e. The number of hydrogen-bond donors (Lipinski definition) is 2. The number of hydrogen-bond acceptors (Lipinski definition) is 4. The van der Waals surface area contributed by atoms with E-state index in [0.717, 1.165) is 30.4 Å². The molecule has 2 aliphatic rings. The van der Waals surface area contributed by atoms with Crippen LogP contribution in [-0.4, -0.2) is 48.2 Å². The lowest BCUT2D eigenvalue weighted by Gasteiger charge is -2.48. The van der Waals surface area contributed by atoms with Gasteiger partial charge in [-0.25, -0.2) is 0 Å². The normalized spacial score (nSPS) is 20.7. The second kappa shape index (κ2) is 11.2. The van der Waals surface area contributed by atoms with Crippen molar-refractivity contribution < 1.29 is 4.52 Å². The third kappa shape index (κ3) is 6.07. The quantitative estimate of drug-likeness (QED) is 0.363. The zero-order valence-electron chi connectivity index (χ0n) is 16.9. The fraction of sp³-hybridized carbons (Fsp3) is 0.800. The van der Waals surface area contributed by atoms with Gasteiger partial charge in [-0.3, -0.25) is 9.89 Å². The molecule has 0 amide bonds. The van der Waals surface area contributed by atoms with Gasteiger partial charge in [-0.2, -0.15) is 0 Å². The first-order valence-electron chi connectivity index (χ1n) is 10.4. The third-order valence-corrected chi connectivity index (χ3v) is 6.02. The standard InChI is InChI=1S/C20H35N5O.HI/c1-3-17-14-18(26-24-17)15-22-19(21-2)23-16-20(10-6-4-7-11-20)25-12-8-5-9-13-25;/h14H,3-13,15-16H2,1-2H3,(H2,21,22,23);1H. The Morgan fingerprint density at radius 3 is 2.48 bits per heavy atom. The molecular weight excluding hydrogens is 453 g/mol. The van der Waals surface area contributed by atoms with Gasteiger partial charge < -0.3 is 15.2 Å². The summed E-state index contributed by atoms with van der Waals surface area (Å²) >= 11 is 0. The smallest absolute Gasteiger partial charge is 0.191 e. The van der Waals surface area contributed by atoms with Gasteiger partial charge in [-0.15, -0.1) is 24.0 Å². The van der Waals surface area contributed by atoms with E-state index in [2.05, 4.69) is 32.6 Å². The summed E-state index contributed by atoms with van der Waals surface area (Å²) in [5.74, 6) is 1.70. The number of guanidine groups is 1. The molecule has 3 rings (SSSR count). The summed E-state index contributed by atoms with van der Waals surface area (Å²) in [7, 11) is 1.83. The Kier molecular flexibility index (Phi) is 9.35. The average molecular weight is 489 g/mol. The third-order valence-electron chi connectivity index (χ3n) is 6.02. The van der Waals surface area contributed by atoms with Crippen LogP contribution in [0.3, 0.4) is 0 Å². The maximum absolute atomic E-state index is 5.36. The molecule has 0 aromatic carbocycles. The van der Waals surface area contributed by atoms with Gasteiger partial charge in [0.1, 0.15) is 0 Å². The van der Waals surface area contributed by atoms with Crippen molar-refractivity contribution in [3.8, 4) is 0 Å². The first-order chi connectivity index (χ1) is 12.8. The molecule has 1 aliphatic carbocycles. The number of piperidine rings is 1. The molecule has 0 spiro atoms. The molecule has 2 heterocycles. The highest BCUT2D eigenvalue weighted by molar-refractivity contribution is 14.0. The van der Waals surface area contributed by atoms with Crippen molar-refractivity contribution in [3.63, 3.8) is 0 Å². The molecule has 2 N–H and O–H groups in total. The van der Waals surface area contributed by atoms with E-state index in [9.17, 15) is 0 Å². The zero-order valence-corrected chi connectivity index (χ0v) is 19.3. The van der Waals surface area contributed by atoms with Crippen molar-refractivity contribution in [1.29, 1.82) is 0 Å². The Labute approximate surface area is 180 Å². The van der Waals surface area contributed by atoms with Crippen LogP contribution in [0.2, 0.25) is 0 Å². The summed E-state index contributed by atoms with van der Waals surface area (Å²) < 4.78 is 5.36. The maximum Gasteiger partial charge on any atom is 0.191 e. The molecular formula is C20H36IN5O. The highest BCUT2D eigenvalue weighted by Crippen LogP contribution is 2.35. The summed E-state index contributed by atoms with van der Waals surface area (Å²) in [6, 6.07) is 2.01. The van der Waals surface area contributed by atoms with Gasteiger partial charge >= 0.3 is 0 Å². The minimum atomic E-state index is 0. The maximum atomic E-state index is 5.36. The molecule has 0 bridgehead atoms. The average Bonchev–Trinajstić information content (AvgIpc) is 3.18. The van der Waals surface area contributed by atoms with Gasteiger partial charge in [0, 0.05) is 25.2 Å². The van der Waals surface area contributed by atoms with Crippen molar-refractivity contribution in [2.75, 3.05) is 26.7 Å². The van der Waals surface area contributed by atoms with Crippen molar-refractivity contribution in [3.05, 3.63) is 17.5 Å². The van der Waals surface area contributed by atoms with Crippen LogP contribution in [0.25, 0.3) is 0 Å². The monoisotopic (exact) mass is 489 g/mol. The molecule has 1 saturated heterocycles. The van der Waals surface area contributed by atoms with Crippen LogP contribution < -0.4 is 10.6 Å². The van der Waals surface area contributed by atoms with Crippen molar-refractivity contribution >= 4 is 29.9 Å². The summed E-state index contributed by atoms with van der Waals surface area (Å²) in [5.41, 5.74) is 1.30. The van der Waals surface area contributed by atoms with Crippen molar-refractivity contribution in [1.82, 2.24) is 20.7 Å². The summed E-state index contributed by atoms with van der Waals surface area (Å²) in [4.78, 5) is 7.17. The van der Waals surface area contributed by atoms with Crippen LogP contribution in [0.15, 0.2) is 15.6 Å². The van der Waals surface area contributed by atoms with Crippen molar-refractivity contribution in [2.45, 2.75) is 76.8 Å². The van der Waals surface area contributed by atoms with E-state index in [1.54, 1.807) is 0 Å². The Bertz CT molecular complexity index is 577. The van der Waals surface area contributed by atoms with Crippen LogP contribution in [-0.2, 0) is 13.0 Å². The molecule has 1 aliphatic heterocycles. The second-order valence-electron chi connectivity index (χ2n) is 7.75. The molecule has 27 heavy (non-hydrogen) atoms. The lowest BCUT2D eigenvalue weighted by Crippen LogP contribution is -2.59. The lowest BCUT2D eigenvalue weighted by molar-refractivity contribution is 0.0368. The predicted octanol–water partition coefficient (Wildman–Crippen LogP) is 3.71. The summed E-state index contributed by atoms with van der Waals surface area (Å²) in [6.07, 6.45) is 11.7. The molecule has 1 saturated carbocycles. The molecule has 154 valence electrons. The molecule has 2 fully saturated rings. The lowest BCUT2D eigenvalue weighted by atomic mass is 9.79. The minimum Gasteiger partial charge on any atom is -0.359 e. The first-order valence-corrected chi connectivity index (χ1v) is 10.4. The van der Waals surface area contributed by atoms with E-state index in [-0.39, 0.29) is 24.0 Å². The second-order valence-corrected chi connectivity index (χ2v) is 7.75. The van der Waals surface area contributed by atoms with Crippen LogP contribution in [0, 0.1) is 0 Å². The Morgan fingerprint density at radius 1 is 1.15 bits per heavy atom. The van der Waals surface area contributed by atoms with Crippen LogP contribution >= 0.6 is 24.0 Å². The summed E-state index contributed by atoms with van der Waals surface area (Å²) in [6.45, 7) is 6.18. The molecule has 1 aromatic heterocycles. The fourth-order valence-electron chi connectivity index (χ4n) is 4.43. The SMILES string of the molecule is CCc1cc(CNC(=NC)NCC2(N3CCCCC3)CCCCC2)on1.I. The van der Waals surface area contributed by atoms with E-state index in [1.807, 2.05) is 13.1 Å². The number of nitrogens with zero attached hydrogens (tertiary/aromatic N) is 3. The molecule has 0 unspecified atom stereocenters. The minimum absolute atomic E-state index is 0. The number of halogens is 1. The van der Waals surface area contributed by atoms with E-state index in [1.165, 1.54) is 64.5 Å². The first kappa shape index (κ1) is 22.5. The van der Waals surface area contributed by atoms with Gasteiger partial charge in [0.15, 0.2) is 11.7 Å². The molecule has 7 heteroatoms. The Hall–Kier alpha value is -0.830. The van der Waals surface area contributed by atoms with Gasteiger partial charge in [-0.1, -0.05) is 37.8 Å². The van der Waals surface area contributed by atoms with Crippen LogP contribution in [0.5, 0.6) is 0 Å². The highest BCUT2D eigenvalue weighted by Gasteiger charge is 2.38. The van der Waals surface area contributed by atoms with Crippen LogP contribution in [0.1, 0.15) is 69.7 Å². The number of aryl methyl sites for hydroxylation is 1. The Balaban J connectivity index is 0.00000261. The van der Waals surface area contributed by atoms with E-state index in [4.69, 9.17) is 4.52 Å². The molecule has 0 atom stereocenters. The van der Waals surface area contributed by atoms with E-state index >= 15 is 0 Å². The number of aliphatic imine (C=N–C) groups is 1. The number of likely N-dealkylation sites (tertiary alicyclic amines) is 1. The van der Waals surface area contributed by atoms with Crippen molar-refractivity contribution in [2.24, 2.45) is 4.99 Å². The zero-order chi connectivity index (χ0) is 18.2. The van der Waals surface area contributed by atoms with Gasteiger partial charge in [-0.05, 0) is 45.2 Å². The van der Waals surface area contributed by atoms with Gasteiger partial charge in [0.2, 0.25) is 0 Å². The highest BCUT2D eigenvalue weighted by atomic mass is 127. The van der Waals surface area contributed by atoms with Gasteiger partial charge in [0.25, 0.3) is 0 Å². The molecule has 0 radical (unpaired) electrons. The Morgan fingerprint density at radius 2 is 1.85 bits per heavy atom. The van der Waals surface area contributed by atoms with E-state index < -0.39 is 0 Å². The molecule has 1 aromatic rings. The molecule has 6 nitrogen and oxygen atoms in total. The topological polar surface area (TPSA) is 65.7 Å². The fourth-order valence-corrected chi connectivity index (χ4v) is 4.43. The summed E-state index contributed by atoms with van der Waals surface area (Å²) in [5, 5.41) is 11.0. The number of nitrogens with one attached hydrogen (secondary N) is 2. The van der Waals surface area contributed by atoms with Crippen LogP contribution in [0.4, 0.5) is 0 Å². The predicted molar refractivity (Wildman–Crippen MR) is 121 cm³/mol. The number of rotatable bonds is 6. The number of aromatic nitrogens is 1. The van der Waals surface area contributed by atoms with Gasteiger partial charge in [0.05, 0.1) is 12.2 Å². The van der Waals surface area contributed by atoms with E-state index in [0.29, 0.717) is 12.1 Å².